The summed E-state index contributed by atoms with van der Waals surface area (Å²) in [5, 5.41) is 0. The summed E-state index contributed by atoms with van der Waals surface area (Å²) < 4.78 is 10.7. The summed E-state index contributed by atoms with van der Waals surface area (Å²) in [6.07, 6.45) is 3.72. The monoisotopic (exact) mass is 174 g/mol. The lowest BCUT2D eigenvalue weighted by atomic mass is 10.2. The molecule has 0 radical (unpaired) electrons. The van der Waals surface area contributed by atoms with Gasteiger partial charge in [-0.3, -0.25) is 0 Å². The predicted molar refractivity (Wildman–Crippen MR) is 51.4 cm³/mol. The second-order valence-electron chi connectivity index (χ2n) is 3.02. The van der Waals surface area contributed by atoms with Crippen LogP contribution in [0.5, 0.6) is 0 Å². The second kappa shape index (κ2) is 9.01. The minimum Gasteiger partial charge on any atom is -0.382 e. The SMILES string of the molecule is CCCOC(C)CCCOCC. The Bertz CT molecular complexity index is 83.9. The van der Waals surface area contributed by atoms with Gasteiger partial charge in [0.1, 0.15) is 0 Å². The molecule has 0 aromatic heterocycles. The fourth-order valence-corrected chi connectivity index (χ4v) is 1.02. The third kappa shape index (κ3) is 8.02. The molecule has 0 fully saturated rings. The fraction of sp³-hybridized carbons (Fsp3) is 1.00. The lowest BCUT2D eigenvalue weighted by Gasteiger charge is -2.11. The summed E-state index contributed by atoms with van der Waals surface area (Å²) >= 11 is 0. The standard InChI is InChI=1S/C10H22O2/c1-4-8-12-10(3)7-6-9-11-5-2/h10H,4-9H2,1-3H3. The van der Waals surface area contributed by atoms with E-state index < -0.39 is 0 Å². The van der Waals surface area contributed by atoms with Crippen molar-refractivity contribution in [3.8, 4) is 0 Å². The van der Waals surface area contributed by atoms with Gasteiger partial charge in [-0.2, -0.15) is 0 Å². The van der Waals surface area contributed by atoms with E-state index in [9.17, 15) is 0 Å². The normalized spacial score (nSPS) is 13.2. The van der Waals surface area contributed by atoms with Crippen LogP contribution in [-0.4, -0.2) is 25.9 Å². The highest BCUT2D eigenvalue weighted by Gasteiger charge is 2.00. The van der Waals surface area contributed by atoms with E-state index in [4.69, 9.17) is 9.47 Å². The van der Waals surface area contributed by atoms with Gasteiger partial charge in [0.05, 0.1) is 6.10 Å². The zero-order valence-electron chi connectivity index (χ0n) is 8.64. The Labute approximate surface area is 76.3 Å². The molecule has 0 aliphatic rings. The summed E-state index contributed by atoms with van der Waals surface area (Å²) in [5.41, 5.74) is 0. The van der Waals surface area contributed by atoms with Gasteiger partial charge in [0.15, 0.2) is 0 Å². The van der Waals surface area contributed by atoms with Crippen LogP contribution in [0.1, 0.15) is 40.0 Å². The van der Waals surface area contributed by atoms with Crippen LogP contribution in [0, 0.1) is 0 Å². The predicted octanol–water partition coefficient (Wildman–Crippen LogP) is 2.62. The molecule has 0 aliphatic heterocycles. The first-order chi connectivity index (χ1) is 5.81. The van der Waals surface area contributed by atoms with Crippen molar-refractivity contribution in [1.29, 1.82) is 0 Å². The van der Waals surface area contributed by atoms with Gasteiger partial charge in [0, 0.05) is 19.8 Å². The van der Waals surface area contributed by atoms with Gasteiger partial charge in [-0.25, -0.2) is 0 Å². The van der Waals surface area contributed by atoms with E-state index >= 15 is 0 Å². The molecule has 2 heteroatoms. The van der Waals surface area contributed by atoms with Crippen molar-refractivity contribution in [2.75, 3.05) is 19.8 Å². The Morgan fingerprint density at radius 1 is 1.17 bits per heavy atom. The maximum absolute atomic E-state index is 5.52. The van der Waals surface area contributed by atoms with Crippen LogP contribution >= 0.6 is 0 Å². The molecule has 0 bridgehead atoms. The molecule has 2 nitrogen and oxygen atoms in total. The molecule has 0 saturated carbocycles. The van der Waals surface area contributed by atoms with Crippen molar-refractivity contribution in [2.24, 2.45) is 0 Å². The van der Waals surface area contributed by atoms with Gasteiger partial charge in [-0.05, 0) is 33.1 Å². The first-order valence-corrected chi connectivity index (χ1v) is 5.00. The highest BCUT2D eigenvalue weighted by atomic mass is 16.5. The van der Waals surface area contributed by atoms with Gasteiger partial charge in [0.25, 0.3) is 0 Å². The van der Waals surface area contributed by atoms with Crippen molar-refractivity contribution < 1.29 is 9.47 Å². The van der Waals surface area contributed by atoms with Crippen LogP contribution in [-0.2, 0) is 9.47 Å². The van der Waals surface area contributed by atoms with Crippen LogP contribution in [0.4, 0.5) is 0 Å². The summed E-state index contributed by atoms with van der Waals surface area (Å²) in [6.45, 7) is 8.86. The Balaban J connectivity index is 3.02. The second-order valence-corrected chi connectivity index (χ2v) is 3.02. The van der Waals surface area contributed by atoms with Crippen LogP contribution < -0.4 is 0 Å². The first-order valence-electron chi connectivity index (χ1n) is 5.00. The summed E-state index contributed by atoms with van der Waals surface area (Å²) in [4.78, 5) is 0. The molecule has 0 spiro atoms. The Morgan fingerprint density at radius 2 is 1.92 bits per heavy atom. The van der Waals surface area contributed by atoms with E-state index in [1.54, 1.807) is 0 Å². The Hall–Kier alpha value is -0.0800. The largest absolute Gasteiger partial charge is 0.382 e. The van der Waals surface area contributed by atoms with Crippen molar-refractivity contribution in [3.05, 3.63) is 0 Å². The van der Waals surface area contributed by atoms with Gasteiger partial charge < -0.3 is 9.47 Å². The molecular formula is C10H22O2. The topological polar surface area (TPSA) is 18.5 Å². The summed E-state index contributed by atoms with van der Waals surface area (Å²) in [7, 11) is 0. The molecule has 0 aromatic carbocycles. The van der Waals surface area contributed by atoms with E-state index in [0.717, 1.165) is 39.1 Å². The smallest absolute Gasteiger partial charge is 0.0547 e. The van der Waals surface area contributed by atoms with Crippen LogP contribution in [0.3, 0.4) is 0 Å². The van der Waals surface area contributed by atoms with Crippen LogP contribution in [0.15, 0.2) is 0 Å². The minimum atomic E-state index is 0.394. The zero-order valence-corrected chi connectivity index (χ0v) is 8.64. The quantitative estimate of drug-likeness (QED) is 0.527. The van der Waals surface area contributed by atoms with E-state index in [0.29, 0.717) is 6.10 Å². The minimum absolute atomic E-state index is 0.394. The lowest BCUT2D eigenvalue weighted by molar-refractivity contribution is 0.0504. The third-order valence-electron chi connectivity index (χ3n) is 1.71. The van der Waals surface area contributed by atoms with E-state index in [1.165, 1.54) is 0 Å². The van der Waals surface area contributed by atoms with E-state index in [1.807, 2.05) is 6.92 Å². The zero-order chi connectivity index (χ0) is 9.23. The molecule has 0 amide bonds. The van der Waals surface area contributed by atoms with Gasteiger partial charge in [-0.1, -0.05) is 6.92 Å². The number of ether oxygens (including phenoxy) is 2. The van der Waals surface area contributed by atoms with Crippen molar-refractivity contribution in [2.45, 2.75) is 46.1 Å². The average Bonchev–Trinajstić information content (AvgIpc) is 2.09. The maximum Gasteiger partial charge on any atom is 0.0547 e. The molecule has 0 saturated heterocycles. The maximum atomic E-state index is 5.52. The molecule has 0 heterocycles. The highest BCUT2D eigenvalue weighted by Crippen LogP contribution is 2.02. The fourth-order valence-electron chi connectivity index (χ4n) is 1.02. The molecule has 1 atom stereocenters. The molecular weight excluding hydrogens is 152 g/mol. The number of hydrogen-bond donors (Lipinski definition) is 0. The van der Waals surface area contributed by atoms with Crippen molar-refractivity contribution >= 4 is 0 Å². The Kier molecular flexibility index (Phi) is 8.95. The molecule has 0 aliphatic carbocycles. The van der Waals surface area contributed by atoms with Gasteiger partial charge >= 0.3 is 0 Å². The number of rotatable bonds is 8. The van der Waals surface area contributed by atoms with Gasteiger partial charge in [-0.15, -0.1) is 0 Å². The van der Waals surface area contributed by atoms with E-state index in [-0.39, 0.29) is 0 Å². The van der Waals surface area contributed by atoms with Crippen molar-refractivity contribution in [1.82, 2.24) is 0 Å². The van der Waals surface area contributed by atoms with Crippen molar-refractivity contribution in [3.63, 3.8) is 0 Å². The molecule has 0 rings (SSSR count). The molecule has 0 N–H and O–H groups in total. The third-order valence-corrected chi connectivity index (χ3v) is 1.71. The lowest BCUT2D eigenvalue weighted by Crippen LogP contribution is -2.10. The summed E-state index contributed by atoms with van der Waals surface area (Å²) in [6, 6.07) is 0. The molecule has 0 aromatic rings. The van der Waals surface area contributed by atoms with Crippen LogP contribution in [0.25, 0.3) is 0 Å². The molecule has 74 valence electrons. The molecule has 12 heavy (non-hydrogen) atoms. The molecule has 1 unspecified atom stereocenters. The first kappa shape index (κ1) is 11.9. The van der Waals surface area contributed by atoms with Gasteiger partial charge in [0.2, 0.25) is 0 Å². The Morgan fingerprint density at radius 3 is 2.50 bits per heavy atom. The highest BCUT2D eigenvalue weighted by molar-refractivity contribution is 4.49. The number of hydrogen-bond acceptors (Lipinski definition) is 2. The average molecular weight is 174 g/mol. The summed E-state index contributed by atoms with van der Waals surface area (Å²) in [5.74, 6) is 0. The van der Waals surface area contributed by atoms with E-state index in [2.05, 4.69) is 13.8 Å². The van der Waals surface area contributed by atoms with Crippen LogP contribution in [0.2, 0.25) is 0 Å².